The van der Waals surface area contributed by atoms with Crippen LogP contribution in [0.25, 0.3) is 6.08 Å². The fraction of sp³-hybridized carbons (Fsp3) is 0.250. The Morgan fingerprint density at radius 1 is 1.06 bits per heavy atom. The highest BCUT2D eigenvalue weighted by Crippen LogP contribution is 2.38. The van der Waals surface area contributed by atoms with Crippen molar-refractivity contribution in [1.82, 2.24) is 0 Å². The maximum absolute atomic E-state index is 8.46. The summed E-state index contributed by atoms with van der Waals surface area (Å²) in [6, 6.07) is 5.47. The summed E-state index contributed by atoms with van der Waals surface area (Å²) in [5.74, 6) is 1.68. The molecule has 84 valence electrons. The summed E-state index contributed by atoms with van der Waals surface area (Å²) in [6.45, 7) is 0. The van der Waals surface area contributed by atoms with Crippen molar-refractivity contribution in [2.75, 3.05) is 21.3 Å². The number of hydrogen-bond acceptors (Lipinski definition) is 4. The average molecular weight is 219 g/mol. The van der Waals surface area contributed by atoms with Crippen LogP contribution >= 0.6 is 0 Å². The van der Waals surface area contributed by atoms with Gasteiger partial charge in [-0.05, 0) is 23.8 Å². The molecule has 16 heavy (non-hydrogen) atoms. The van der Waals surface area contributed by atoms with Gasteiger partial charge in [0.1, 0.15) is 0 Å². The maximum atomic E-state index is 8.46. The van der Waals surface area contributed by atoms with E-state index in [-0.39, 0.29) is 0 Å². The number of nitrogens with zero attached hydrogens (tertiary/aromatic N) is 1. The van der Waals surface area contributed by atoms with Crippen LogP contribution in [0.15, 0.2) is 18.2 Å². The van der Waals surface area contributed by atoms with E-state index >= 15 is 0 Å². The summed E-state index contributed by atoms with van der Waals surface area (Å²) < 4.78 is 15.5. The van der Waals surface area contributed by atoms with Gasteiger partial charge in [-0.25, -0.2) is 0 Å². The molecule has 0 bridgehead atoms. The number of rotatable bonds is 4. The highest BCUT2D eigenvalue weighted by Gasteiger charge is 2.11. The SMILES string of the molecule is COc1cc(C=CC#N)cc(OC)c1OC. The van der Waals surface area contributed by atoms with Crippen molar-refractivity contribution < 1.29 is 14.2 Å². The lowest BCUT2D eigenvalue weighted by Gasteiger charge is -2.12. The average Bonchev–Trinajstić information content (AvgIpc) is 2.34. The van der Waals surface area contributed by atoms with Crippen LogP contribution in [-0.4, -0.2) is 21.3 Å². The molecule has 0 spiro atoms. The van der Waals surface area contributed by atoms with Gasteiger partial charge in [-0.15, -0.1) is 0 Å². The molecule has 0 N–H and O–H groups in total. The van der Waals surface area contributed by atoms with Gasteiger partial charge in [0.15, 0.2) is 11.5 Å². The van der Waals surface area contributed by atoms with Gasteiger partial charge in [-0.1, -0.05) is 0 Å². The van der Waals surface area contributed by atoms with Gasteiger partial charge in [0.05, 0.1) is 27.4 Å². The summed E-state index contributed by atoms with van der Waals surface area (Å²) in [7, 11) is 4.65. The summed E-state index contributed by atoms with van der Waals surface area (Å²) in [5, 5.41) is 8.46. The first kappa shape index (κ1) is 11.9. The predicted molar refractivity (Wildman–Crippen MR) is 60.7 cm³/mol. The van der Waals surface area contributed by atoms with Crippen LogP contribution in [-0.2, 0) is 0 Å². The Balaban J connectivity index is 3.26. The smallest absolute Gasteiger partial charge is 0.203 e. The van der Waals surface area contributed by atoms with E-state index in [0.29, 0.717) is 17.2 Å². The fourth-order valence-electron chi connectivity index (χ4n) is 1.33. The lowest BCUT2D eigenvalue weighted by Crippen LogP contribution is -1.95. The second-order valence-electron chi connectivity index (χ2n) is 2.92. The Kier molecular flexibility index (Phi) is 4.22. The van der Waals surface area contributed by atoms with E-state index in [1.54, 1.807) is 39.5 Å². The monoisotopic (exact) mass is 219 g/mol. The van der Waals surface area contributed by atoms with Gasteiger partial charge < -0.3 is 14.2 Å². The fourth-order valence-corrected chi connectivity index (χ4v) is 1.33. The lowest BCUT2D eigenvalue weighted by atomic mass is 10.1. The van der Waals surface area contributed by atoms with Crippen molar-refractivity contribution in [3.63, 3.8) is 0 Å². The minimum absolute atomic E-state index is 0.541. The van der Waals surface area contributed by atoms with E-state index in [1.807, 2.05) is 6.07 Å². The summed E-state index contributed by atoms with van der Waals surface area (Å²) in [5.41, 5.74) is 0.816. The van der Waals surface area contributed by atoms with E-state index in [9.17, 15) is 0 Å². The van der Waals surface area contributed by atoms with Gasteiger partial charge in [0.2, 0.25) is 5.75 Å². The van der Waals surface area contributed by atoms with Crippen molar-refractivity contribution in [3.05, 3.63) is 23.8 Å². The zero-order valence-corrected chi connectivity index (χ0v) is 9.48. The number of methoxy groups -OCH3 is 3. The molecule has 0 heterocycles. The van der Waals surface area contributed by atoms with Crippen LogP contribution in [0.1, 0.15) is 5.56 Å². The molecule has 4 nitrogen and oxygen atoms in total. The Bertz CT molecular complexity index is 407. The van der Waals surface area contributed by atoms with Gasteiger partial charge in [0, 0.05) is 6.08 Å². The molecule has 0 aliphatic heterocycles. The van der Waals surface area contributed by atoms with Crippen LogP contribution in [0.5, 0.6) is 17.2 Å². The highest BCUT2D eigenvalue weighted by molar-refractivity contribution is 5.62. The molecule has 0 atom stereocenters. The Labute approximate surface area is 94.7 Å². The first-order valence-corrected chi connectivity index (χ1v) is 4.63. The topological polar surface area (TPSA) is 51.5 Å². The number of allylic oxidation sites excluding steroid dienone is 1. The van der Waals surface area contributed by atoms with Gasteiger partial charge in [-0.2, -0.15) is 5.26 Å². The van der Waals surface area contributed by atoms with Crippen molar-refractivity contribution >= 4 is 6.08 Å². The number of hydrogen-bond donors (Lipinski definition) is 0. The van der Waals surface area contributed by atoms with Gasteiger partial charge >= 0.3 is 0 Å². The number of ether oxygens (including phenoxy) is 3. The first-order chi connectivity index (χ1) is 7.76. The predicted octanol–water partition coefficient (Wildman–Crippen LogP) is 2.25. The molecule has 0 saturated heterocycles. The largest absolute Gasteiger partial charge is 0.493 e. The Morgan fingerprint density at radius 2 is 1.62 bits per heavy atom. The molecular formula is C12H13NO3. The maximum Gasteiger partial charge on any atom is 0.203 e. The van der Waals surface area contributed by atoms with Crippen LogP contribution < -0.4 is 14.2 Å². The highest BCUT2D eigenvalue weighted by atomic mass is 16.5. The van der Waals surface area contributed by atoms with E-state index in [4.69, 9.17) is 19.5 Å². The second kappa shape index (κ2) is 5.66. The lowest BCUT2D eigenvalue weighted by molar-refractivity contribution is 0.324. The van der Waals surface area contributed by atoms with Crippen LogP contribution in [0.2, 0.25) is 0 Å². The van der Waals surface area contributed by atoms with E-state index in [1.165, 1.54) is 6.08 Å². The number of benzene rings is 1. The molecule has 1 rings (SSSR count). The Morgan fingerprint density at radius 3 is 2.00 bits per heavy atom. The summed E-state index contributed by atoms with van der Waals surface area (Å²) >= 11 is 0. The zero-order valence-electron chi connectivity index (χ0n) is 9.48. The standard InChI is InChI=1S/C12H13NO3/c1-14-10-7-9(5-4-6-13)8-11(15-2)12(10)16-3/h4-5,7-8H,1-3H3. The van der Waals surface area contributed by atoms with Crippen molar-refractivity contribution in [3.8, 4) is 23.3 Å². The van der Waals surface area contributed by atoms with E-state index < -0.39 is 0 Å². The van der Waals surface area contributed by atoms with Crippen molar-refractivity contribution in [2.45, 2.75) is 0 Å². The van der Waals surface area contributed by atoms with Crippen LogP contribution in [0.4, 0.5) is 0 Å². The molecule has 0 unspecified atom stereocenters. The van der Waals surface area contributed by atoms with E-state index in [0.717, 1.165) is 5.56 Å². The third kappa shape index (κ3) is 2.45. The summed E-state index contributed by atoms with van der Waals surface area (Å²) in [6.07, 6.45) is 3.06. The third-order valence-corrected chi connectivity index (χ3v) is 2.04. The van der Waals surface area contributed by atoms with Crippen LogP contribution in [0, 0.1) is 11.3 Å². The van der Waals surface area contributed by atoms with E-state index in [2.05, 4.69) is 0 Å². The van der Waals surface area contributed by atoms with Crippen molar-refractivity contribution in [1.29, 1.82) is 5.26 Å². The quantitative estimate of drug-likeness (QED) is 0.729. The summed E-state index contributed by atoms with van der Waals surface area (Å²) in [4.78, 5) is 0. The minimum atomic E-state index is 0.541. The van der Waals surface area contributed by atoms with Crippen LogP contribution in [0.3, 0.4) is 0 Å². The molecular weight excluding hydrogens is 206 g/mol. The molecule has 4 heteroatoms. The van der Waals surface area contributed by atoms with Crippen molar-refractivity contribution in [2.24, 2.45) is 0 Å². The molecule has 1 aromatic carbocycles. The molecule has 1 aromatic rings. The third-order valence-electron chi connectivity index (χ3n) is 2.04. The normalized spacial score (nSPS) is 9.88. The number of nitriles is 1. The molecule has 0 aliphatic rings. The molecule has 0 radical (unpaired) electrons. The second-order valence-corrected chi connectivity index (χ2v) is 2.92. The minimum Gasteiger partial charge on any atom is -0.493 e. The first-order valence-electron chi connectivity index (χ1n) is 4.63. The molecule has 0 saturated carbocycles. The molecule has 0 fully saturated rings. The van der Waals surface area contributed by atoms with Gasteiger partial charge in [-0.3, -0.25) is 0 Å². The molecule has 0 aromatic heterocycles. The Hall–Kier alpha value is -2.15. The molecule has 0 amide bonds. The molecule has 0 aliphatic carbocycles. The zero-order chi connectivity index (χ0) is 12.0. The van der Waals surface area contributed by atoms with Gasteiger partial charge in [0.25, 0.3) is 0 Å².